The van der Waals surface area contributed by atoms with Gasteiger partial charge in [0, 0.05) is 24.7 Å². The fourth-order valence-electron chi connectivity index (χ4n) is 2.87. The van der Waals surface area contributed by atoms with E-state index in [9.17, 15) is 21.6 Å². The Morgan fingerprint density at radius 1 is 1.24 bits per heavy atom. The number of rotatable bonds is 6. The maximum Gasteiger partial charge on any atom is 0.221 e. The molecule has 1 unspecified atom stereocenters. The lowest BCUT2D eigenvalue weighted by Crippen LogP contribution is -2.46. The van der Waals surface area contributed by atoms with Crippen molar-refractivity contribution in [1.82, 2.24) is 5.32 Å². The molecule has 1 fully saturated rings. The van der Waals surface area contributed by atoms with Gasteiger partial charge < -0.3 is 10.6 Å². The zero-order valence-corrected chi connectivity index (χ0v) is 16.2. The third-order valence-electron chi connectivity index (χ3n) is 4.31. The maximum atomic E-state index is 12.9. The van der Waals surface area contributed by atoms with Gasteiger partial charge in [-0.2, -0.15) is 0 Å². The molecule has 2 rings (SSSR count). The van der Waals surface area contributed by atoms with Crippen molar-refractivity contribution in [1.29, 1.82) is 0 Å². The third-order valence-corrected chi connectivity index (χ3v) is 8.48. The molecule has 140 valence electrons. The first kappa shape index (κ1) is 19.9. The number of anilines is 1. The van der Waals surface area contributed by atoms with E-state index in [2.05, 4.69) is 10.6 Å². The molecule has 1 aromatic carbocycles. The SMILES string of the molecule is CCC(C)N[C@@H]1CS(=O)(=O)C[C@H]1S(=O)(=O)c1ccc(NC(C)=O)cc1. The van der Waals surface area contributed by atoms with Crippen LogP contribution in [0.1, 0.15) is 27.2 Å². The molecule has 7 nitrogen and oxygen atoms in total. The normalized spacial score (nSPS) is 24.0. The fourth-order valence-corrected chi connectivity index (χ4v) is 7.54. The van der Waals surface area contributed by atoms with E-state index < -0.39 is 31.0 Å². The first-order valence-electron chi connectivity index (χ1n) is 8.13. The molecular formula is C16H24N2O5S2. The largest absolute Gasteiger partial charge is 0.326 e. The van der Waals surface area contributed by atoms with E-state index >= 15 is 0 Å². The van der Waals surface area contributed by atoms with Crippen molar-refractivity contribution in [3.8, 4) is 0 Å². The van der Waals surface area contributed by atoms with E-state index in [-0.39, 0.29) is 28.4 Å². The smallest absolute Gasteiger partial charge is 0.221 e. The van der Waals surface area contributed by atoms with Crippen LogP contribution in [0.3, 0.4) is 0 Å². The molecule has 0 saturated carbocycles. The van der Waals surface area contributed by atoms with Crippen LogP contribution in [-0.4, -0.2) is 51.6 Å². The summed E-state index contributed by atoms with van der Waals surface area (Å²) in [6, 6.07) is 5.18. The highest BCUT2D eigenvalue weighted by Crippen LogP contribution is 2.27. The van der Waals surface area contributed by atoms with E-state index in [4.69, 9.17) is 0 Å². The van der Waals surface area contributed by atoms with E-state index in [0.717, 1.165) is 6.42 Å². The monoisotopic (exact) mass is 388 g/mol. The fraction of sp³-hybridized carbons (Fsp3) is 0.562. The summed E-state index contributed by atoms with van der Waals surface area (Å²) in [6.07, 6.45) is 0.773. The summed E-state index contributed by atoms with van der Waals surface area (Å²) in [5.41, 5.74) is 0.486. The van der Waals surface area contributed by atoms with Crippen molar-refractivity contribution in [3.05, 3.63) is 24.3 Å². The molecule has 1 amide bonds. The average molecular weight is 389 g/mol. The van der Waals surface area contributed by atoms with Crippen LogP contribution in [0.25, 0.3) is 0 Å². The van der Waals surface area contributed by atoms with Gasteiger partial charge in [-0.05, 0) is 37.6 Å². The molecule has 0 spiro atoms. The highest BCUT2D eigenvalue weighted by Gasteiger charge is 2.45. The highest BCUT2D eigenvalue weighted by molar-refractivity contribution is 7.96. The summed E-state index contributed by atoms with van der Waals surface area (Å²) in [6.45, 7) is 5.21. The number of benzene rings is 1. The number of sulfone groups is 2. The van der Waals surface area contributed by atoms with Gasteiger partial charge in [-0.3, -0.25) is 4.79 Å². The van der Waals surface area contributed by atoms with Gasteiger partial charge in [0.05, 0.1) is 21.7 Å². The van der Waals surface area contributed by atoms with Gasteiger partial charge in [-0.1, -0.05) is 6.92 Å². The van der Waals surface area contributed by atoms with Crippen LogP contribution in [0.4, 0.5) is 5.69 Å². The van der Waals surface area contributed by atoms with Crippen molar-refractivity contribution in [2.45, 2.75) is 49.4 Å². The molecule has 0 radical (unpaired) electrons. The molecule has 0 bridgehead atoms. The van der Waals surface area contributed by atoms with Crippen molar-refractivity contribution in [3.63, 3.8) is 0 Å². The van der Waals surface area contributed by atoms with Gasteiger partial charge in [-0.15, -0.1) is 0 Å². The van der Waals surface area contributed by atoms with E-state index in [1.807, 2.05) is 13.8 Å². The molecule has 1 saturated heterocycles. The van der Waals surface area contributed by atoms with Crippen LogP contribution in [0.2, 0.25) is 0 Å². The molecule has 3 atom stereocenters. The lowest BCUT2D eigenvalue weighted by molar-refractivity contribution is -0.114. The standard InChI is InChI=1S/C16H24N2O5S2/c1-4-11(2)17-15-9-24(20,21)10-16(15)25(22,23)14-7-5-13(6-8-14)18-12(3)19/h5-8,11,15-17H,4,9-10H2,1-3H3,(H,18,19)/t11?,15-,16-/m1/s1. The Bertz CT molecular complexity index is 832. The predicted octanol–water partition coefficient (Wildman–Crippen LogP) is 0.972. The van der Waals surface area contributed by atoms with Gasteiger partial charge in [0.25, 0.3) is 0 Å². The maximum absolute atomic E-state index is 12.9. The van der Waals surface area contributed by atoms with Crippen LogP contribution >= 0.6 is 0 Å². The first-order valence-corrected chi connectivity index (χ1v) is 11.5. The molecule has 9 heteroatoms. The quantitative estimate of drug-likeness (QED) is 0.752. The molecular weight excluding hydrogens is 364 g/mol. The van der Waals surface area contributed by atoms with Gasteiger partial charge in [0.1, 0.15) is 0 Å². The summed E-state index contributed by atoms with van der Waals surface area (Å²) >= 11 is 0. The molecule has 1 aromatic rings. The second-order valence-electron chi connectivity index (χ2n) is 6.45. The summed E-state index contributed by atoms with van der Waals surface area (Å²) in [5, 5.41) is 4.68. The van der Waals surface area contributed by atoms with E-state index in [1.165, 1.54) is 31.2 Å². The molecule has 1 heterocycles. The topological polar surface area (TPSA) is 109 Å². The molecule has 2 N–H and O–H groups in total. The Balaban J connectivity index is 2.31. The Hall–Kier alpha value is -1.45. The molecule has 25 heavy (non-hydrogen) atoms. The minimum atomic E-state index is -3.81. The number of amides is 1. The average Bonchev–Trinajstić information content (AvgIpc) is 2.82. The van der Waals surface area contributed by atoms with Crippen LogP contribution in [0, 0.1) is 0 Å². The zero-order valence-electron chi connectivity index (χ0n) is 14.5. The highest BCUT2D eigenvalue weighted by atomic mass is 32.2. The Labute approximate surface area is 149 Å². The van der Waals surface area contributed by atoms with Crippen molar-refractivity contribution < 1.29 is 21.6 Å². The van der Waals surface area contributed by atoms with Crippen LogP contribution in [-0.2, 0) is 24.5 Å². The van der Waals surface area contributed by atoms with E-state index in [0.29, 0.717) is 5.69 Å². The number of carbonyl (C=O) groups is 1. The number of carbonyl (C=O) groups excluding carboxylic acids is 1. The van der Waals surface area contributed by atoms with Gasteiger partial charge >= 0.3 is 0 Å². The van der Waals surface area contributed by atoms with Crippen molar-refractivity contribution >= 4 is 31.3 Å². The Morgan fingerprint density at radius 2 is 1.84 bits per heavy atom. The van der Waals surface area contributed by atoms with Crippen LogP contribution in [0.15, 0.2) is 29.2 Å². The minimum Gasteiger partial charge on any atom is -0.326 e. The van der Waals surface area contributed by atoms with Gasteiger partial charge in [0.15, 0.2) is 19.7 Å². The second kappa shape index (κ2) is 7.43. The Morgan fingerprint density at radius 3 is 2.36 bits per heavy atom. The number of nitrogens with one attached hydrogen (secondary N) is 2. The number of hydrogen-bond donors (Lipinski definition) is 2. The van der Waals surface area contributed by atoms with Crippen LogP contribution in [0.5, 0.6) is 0 Å². The molecule has 0 aromatic heterocycles. The summed E-state index contributed by atoms with van der Waals surface area (Å²) in [7, 11) is -7.22. The summed E-state index contributed by atoms with van der Waals surface area (Å²) in [4.78, 5) is 11.1. The first-order chi connectivity index (χ1) is 11.5. The predicted molar refractivity (Wildman–Crippen MR) is 97.1 cm³/mol. The zero-order chi connectivity index (χ0) is 18.8. The Kier molecular flexibility index (Phi) is 5.90. The number of hydrogen-bond acceptors (Lipinski definition) is 6. The third kappa shape index (κ3) is 4.80. The lowest BCUT2D eigenvalue weighted by atomic mass is 10.2. The minimum absolute atomic E-state index is 0.0261. The van der Waals surface area contributed by atoms with E-state index in [1.54, 1.807) is 0 Å². The summed E-state index contributed by atoms with van der Waals surface area (Å²) < 4.78 is 49.9. The van der Waals surface area contributed by atoms with Gasteiger partial charge in [0.2, 0.25) is 5.91 Å². The molecule has 1 aliphatic heterocycles. The molecule has 1 aliphatic rings. The van der Waals surface area contributed by atoms with Gasteiger partial charge in [-0.25, -0.2) is 16.8 Å². The van der Waals surface area contributed by atoms with Crippen molar-refractivity contribution in [2.75, 3.05) is 16.8 Å². The molecule has 0 aliphatic carbocycles. The van der Waals surface area contributed by atoms with Crippen molar-refractivity contribution in [2.24, 2.45) is 0 Å². The van der Waals surface area contributed by atoms with Crippen LogP contribution < -0.4 is 10.6 Å². The summed E-state index contributed by atoms with van der Waals surface area (Å²) in [5.74, 6) is -0.808. The second-order valence-corrected chi connectivity index (χ2v) is 10.8. The lowest BCUT2D eigenvalue weighted by Gasteiger charge is -2.23.